The topological polar surface area (TPSA) is 83.8 Å². The first kappa shape index (κ1) is 23.2. The van der Waals surface area contributed by atoms with E-state index in [0.29, 0.717) is 25.7 Å². The van der Waals surface area contributed by atoms with Crippen molar-refractivity contribution in [3.63, 3.8) is 0 Å². The maximum Gasteiger partial charge on any atom is 0.303 e. The molecule has 1 heterocycles. The van der Waals surface area contributed by atoms with E-state index in [1.165, 1.54) is 0 Å². The highest BCUT2D eigenvalue weighted by molar-refractivity contribution is 5.84. The number of rotatable bonds is 11. The number of aliphatic carboxylic acids is 1. The van der Waals surface area contributed by atoms with Gasteiger partial charge in [0.1, 0.15) is 5.78 Å². The molecule has 1 saturated carbocycles. The first-order valence-electron chi connectivity index (χ1n) is 10.6. The molecule has 2 aliphatic rings. The molecule has 1 saturated heterocycles. The number of halogens is 2. The van der Waals surface area contributed by atoms with Crippen LogP contribution in [0, 0.1) is 17.8 Å². The molecule has 0 spiro atoms. The van der Waals surface area contributed by atoms with Crippen molar-refractivity contribution in [2.45, 2.75) is 102 Å². The van der Waals surface area contributed by atoms with Crippen LogP contribution in [0.1, 0.15) is 84.5 Å². The molecule has 5 nitrogen and oxygen atoms in total. The molecule has 0 amide bonds. The molecule has 0 aromatic carbocycles. The summed E-state index contributed by atoms with van der Waals surface area (Å²) in [7, 11) is 0. The molecular weight excluding hydrogens is 370 g/mol. The van der Waals surface area contributed by atoms with Crippen LogP contribution in [0.2, 0.25) is 0 Å². The smallest absolute Gasteiger partial charge is 0.303 e. The highest BCUT2D eigenvalue weighted by atomic mass is 19.3. The summed E-state index contributed by atoms with van der Waals surface area (Å²) >= 11 is 0. The Hall–Kier alpha value is -1.08. The molecule has 5 atom stereocenters. The third-order valence-electron chi connectivity index (χ3n) is 6.50. The predicted molar refractivity (Wildman–Crippen MR) is 100 cm³/mol. The summed E-state index contributed by atoms with van der Waals surface area (Å²) < 4.78 is 34.8. The van der Waals surface area contributed by atoms with Gasteiger partial charge >= 0.3 is 11.9 Å². The number of fused-ring (bicyclic) bond motifs is 1. The second kappa shape index (κ2) is 9.61. The number of ketones is 1. The van der Waals surface area contributed by atoms with Gasteiger partial charge in [-0.2, -0.15) is 0 Å². The lowest BCUT2D eigenvalue weighted by atomic mass is 9.81. The van der Waals surface area contributed by atoms with Crippen LogP contribution < -0.4 is 0 Å². The van der Waals surface area contributed by atoms with E-state index in [0.717, 1.165) is 19.3 Å². The average molecular weight is 404 g/mol. The maximum atomic E-state index is 14.7. The monoisotopic (exact) mass is 404 g/mol. The Bertz CT molecular complexity index is 553. The number of alkyl halides is 2. The van der Waals surface area contributed by atoms with Crippen LogP contribution in [-0.4, -0.2) is 39.8 Å². The Labute approximate surface area is 165 Å². The van der Waals surface area contributed by atoms with Gasteiger partial charge in [0.2, 0.25) is 5.79 Å². The number of ether oxygens (including phenoxy) is 1. The highest BCUT2D eigenvalue weighted by Crippen LogP contribution is 2.50. The summed E-state index contributed by atoms with van der Waals surface area (Å²) in [5.41, 5.74) is 0. The van der Waals surface area contributed by atoms with Crippen molar-refractivity contribution in [2.24, 2.45) is 17.8 Å². The fourth-order valence-corrected chi connectivity index (χ4v) is 4.57. The van der Waals surface area contributed by atoms with Gasteiger partial charge in [0.05, 0.1) is 6.10 Å². The number of carboxylic acids is 1. The van der Waals surface area contributed by atoms with E-state index in [-0.39, 0.29) is 42.8 Å². The summed E-state index contributed by atoms with van der Waals surface area (Å²) in [6.07, 6.45) is 3.79. The van der Waals surface area contributed by atoms with Crippen molar-refractivity contribution in [3.05, 3.63) is 0 Å². The number of Topliss-reactive ketones (excluding diaryl/α,β-unsaturated/α-hetero) is 1. The van der Waals surface area contributed by atoms with E-state index in [1.54, 1.807) is 6.92 Å². The zero-order valence-electron chi connectivity index (χ0n) is 17.0. The highest BCUT2D eigenvalue weighted by Gasteiger charge is 2.60. The SMILES string of the molecule is CC[C@H](C)CC(F)(F)[C@@]1(O)CCC2C(CC(=O)C2CCCCCCC(=O)O)O1. The third-order valence-corrected chi connectivity index (χ3v) is 6.50. The summed E-state index contributed by atoms with van der Waals surface area (Å²) in [5, 5.41) is 19.2. The molecule has 1 aliphatic carbocycles. The summed E-state index contributed by atoms with van der Waals surface area (Å²) in [6, 6.07) is 0. The van der Waals surface area contributed by atoms with Crippen LogP contribution in [0.15, 0.2) is 0 Å². The Kier molecular flexibility index (Phi) is 7.97. The Balaban J connectivity index is 1.87. The summed E-state index contributed by atoms with van der Waals surface area (Å²) in [6.45, 7) is 3.57. The molecule has 28 heavy (non-hydrogen) atoms. The zero-order valence-corrected chi connectivity index (χ0v) is 17.0. The molecule has 2 N–H and O–H groups in total. The number of carbonyl (C=O) groups is 2. The minimum atomic E-state index is -3.33. The van der Waals surface area contributed by atoms with E-state index in [2.05, 4.69) is 0 Å². The van der Waals surface area contributed by atoms with Crippen molar-refractivity contribution >= 4 is 11.8 Å². The van der Waals surface area contributed by atoms with Gasteiger partial charge in [0, 0.05) is 31.6 Å². The number of carbonyl (C=O) groups excluding carboxylic acids is 1. The number of aliphatic hydroxyl groups is 1. The van der Waals surface area contributed by atoms with Gasteiger partial charge in [0.25, 0.3) is 0 Å². The zero-order chi connectivity index (χ0) is 20.9. The van der Waals surface area contributed by atoms with Gasteiger partial charge in [-0.3, -0.25) is 9.59 Å². The molecule has 7 heteroatoms. The molecule has 0 bridgehead atoms. The number of hydrogen-bond donors (Lipinski definition) is 2. The van der Waals surface area contributed by atoms with Crippen LogP contribution in [-0.2, 0) is 14.3 Å². The van der Waals surface area contributed by atoms with Gasteiger partial charge < -0.3 is 14.9 Å². The first-order chi connectivity index (χ1) is 13.1. The molecule has 0 radical (unpaired) electrons. The van der Waals surface area contributed by atoms with Gasteiger partial charge in [-0.1, -0.05) is 39.5 Å². The number of hydrogen-bond acceptors (Lipinski definition) is 4. The lowest BCUT2D eigenvalue weighted by Gasteiger charge is -2.44. The molecule has 0 aromatic rings. The maximum absolute atomic E-state index is 14.7. The van der Waals surface area contributed by atoms with Crippen molar-refractivity contribution in [1.82, 2.24) is 0 Å². The number of carboxylic acid groups (broad SMARTS) is 1. The molecule has 0 aromatic heterocycles. The van der Waals surface area contributed by atoms with E-state index in [4.69, 9.17) is 9.84 Å². The quantitative estimate of drug-likeness (QED) is 0.493. The lowest BCUT2D eigenvalue weighted by Crippen LogP contribution is -2.56. The van der Waals surface area contributed by atoms with Crippen molar-refractivity contribution < 1.29 is 33.3 Å². The van der Waals surface area contributed by atoms with Gasteiger partial charge in [0.15, 0.2) is 0 Å². The van der Waals surface area contributed by atoms with Crippen LogP contribution >= 0.6 is 0 Å². The normalized spacial score (nSPS) is 31.6. The second-order valence-corrected chi connectivity index (χ2v) is 8.69. The Morgan fingerprint density at radius 2 is 2.00 bits per heavy atom. The third kappa shape index (κ3) is 5.50. The fraction of sp³-hybridized carbons (Fsp3) is 0.905. The molecular formula is C21H34F2O5. The van der Waals surface area contributed by atoms with Crippen LogP contribution in [0.25, 0.3) is 0 Å². The Morgan fingerprint density at radius 3 is 2.64 bits per heavy atom. The van der Waals surface area contributed by atoms with E-state index >= 15 is 0 Å². The van der Waals surface area contributed by atoms with Crippen molar-refractivity contribution in [1.29, 1.82) is 0 Å². The van der Waals surface area contributed by atoms with E-state index < -0.39 is 30.2 Å². The minimum absolute atomic E-state index is 0.0371. The summed E-state index contributed by atoms with van der Waals surface area (Å²) in [5.74, 6) is -7.11. The minimum Gasteiger partial charge on any atom is -0.481 e. The van der Waals surface area contributed by atoms with Crippen molar-refractivity contribution in [3.8, 4) is 0 Å². The largest absolute Gasteiger partial charge is 0.481 e. The van der Waals surface area contributed by atoms with Gasteiger partial charge in [-0.05, 0) is 31.1 Å². The first-order valence-corrected chi connectivity index (χ1v) is 10.6. The molecule has 2 fully saturated rings. The molecule has 1 aliphatic heterocycles. The number of unbranched alkanes of at least 4 members (excludes halogenated alkanes) is 3. The summed E-state index contributed by atoms with van der Waals surface area (Å²) in [4.78, 5) is 22.9. The molecule has 2 rings (SSSR count). The lowest BCUT2D eigenvalue weighted by molar-refractivity contribution is -0.358. The fourth-order valence-electron chi connectivity index (χ4n) is 4.57. The standard InChI is InChI=1S/C21H34F2O5/c1-3-14(2)13-20(22,23)21(27)11-10-16-15(17(24)12-18(16)28-21)8-6-4-5-7-9-19(25)26/h14-16,18,27H,3-13H2,1-2H3,(H,25,26)/t14-,15?,16?,18?,21+/m0/s1. The van der Waals surface area contributed by atoms with Crippen molar-refractivity contribution in [2.75, 3.05) is 0 Å². The Morgan fingerprint density at radius 1 is 1.32 bits per heavy atom. The van der Waals surface area contributed by atoms with Gasteiger partial charge in [-0.15, -0.1) is 0 Å². The second-order valence-electron chi connectivity index (χ2n) is 8.69. The van der Waals surface area contributed by atoms with E-state index in [1.807, 2.05) is 6.92 Å². The molecule has 3 unspecified atom stereocenters. The van der Waals surface area contributed by atoms with Crippen LogP contribution in [0.3, 0.4) is 0 Å². The predicted octanol–water partition coefficient (Wildman–Crippen LogP) is 4.56. The van der Waals surface area contributed by atoms with E-state index in [9.17, 15) is 23.5 Å². The van der Waals surface area contributed by atoms with Crippen LogP contribution in [0.4, 0.5) is 8.78 Å². The average Bonchev–Trinajstić information content (AvgIpc) is 2.91. The molecule has 162 valence electrons. The van der Waals surface area contributed by atoms with Crippen LogP contribution in [0.5, 0.6) is 0 Å². The van der Waals surface area contributed by atoms with Gasteiger partial charge in [-0.25, -0.2) is 8.78 Å².